The minimum absolute atomic E-state index is 0.00855. The maximum Gasteiger partial charge on any atom is 0.326 e. The lowest BCUT2D eigenvalue weighted by Crippen LogP contribution is -2.47. The van der Waals surface area contributed by atoms with Gasteiger partial charge in [-0.1, -0.05) is 67.6 Å². The number of aromatic nitrogens is 3. The average Bonchev–Trinajstić information content (AvgIpc) is 3.48. The van der Waals surface area contributed by atoms with Crippen molar-refractivity contribution in [3.05, 3.63) is 136 Å². The van der Waals surface area contributed by atoms with Gasteiger partial charge in [0.15, 0.2) is 6.29 Å². The summed E-state index contributed by atoms with van der Waals surface area (Å²) >= 11 is 0. The van der Waals surface area contributed by atoms with Crippen molar-refractivity contribution in [2.75, 3.05) is 19.6 Å². The number of aliphatic hydroxyl groups excluding tert-OH is 1. The summed E-state index contributed by atoms with van der Waals surface area (Å²) in [6, 6.07) is 27.4. The first-order chi connectivity index (χ1) is 23.5. The van der Waals surface area contributed by atoms with Crippen LogP contribution >= 0.6 is 0 Å². The number of nitrogens with one attached hydrogen (secondary N) is 2. The molecule has 2 fully saturated rings. The van der Waals surface area contributed by atoms with Gasteiger partial charge in [-0.25, -0.2) is 4.79 Å². The minimum atomic E-state index is -0.574. The molecule has 2 aliphatic rings. The van der Waals surface area contributed by atoms with E-state index in [-0.39, 0.29) is 42.4 Å². The van der Waals surface area contributed by atoms with E-state index < -0.39 is 6.29 Å². The number of aliphatic hydroxyl groups is 1. The van der Waals surface area contributed by atoms with Crippen molar-refractivity contribution in [2.45, 2.75) is 57.5 Å². The molecule has 7 rings (SSSR count). The van der Waals surface area contributed by atoms with E-state index in [1.54, 1.807) is 24.5 Å². The summed E-state index contributed by atoms with van der Waals surface area (Å²) in [6.07, 6.45) is 4.08. The van der Waals surface area contributed by atoms with E-state index >= 15 is 0 Å². The highest BCUT2D eigenvalue weighted by molar-refractivity contribution is 5.93. The highest BCUT2D eigenvalue weighted by Gasteiger charge is 2.39. The first-order valence-electron chi connectivity index (χ1n) is 16.7. The molecule has 3 aromatic carbocycles. The third-order valence-electron chi connectivity index (χ3n) is 9.74. The summed E-state index contributed by atoms with van der Waals surface area (Å²) in [5, 5.41) is 12.5. The molecule has 248 valence electrons. The lowest BCUT2D eigenvalue weighted by atomic mass is 9.89. The van der Waals surface area contributed by atoms with Crippen molar-refractivity contribution < 1.29 is 19.4 Å². The summed E-state index contributed by atoms with van der Waals surface area (Å²) in [5.74, 6) is -0.104. The topological polar surface area (TPSA) is 122 Å². The number of piperidine rings is 1. The fraction of sp³-hybridized carbons (Fsp3) is 0.342. The van der Waals surface area contributed by atoms with Gasteiger partial charge >= 0.3 is 5.69 Å². The van der Waals surface area contributed by atoms with E-state index in [9.17, 15) is 14.7 Å². The molecule has 0 spiro atoms. The van der Waals surface area contributed by atoms with E-state index in [0.717, 1.165) is 65.8 Å². The molecule has 0 saturated carbocycles. The van der Waals surface area contributed by atoms with Crippen LogP contribution in [0.4, 0.5) is 0 Å². The van der Waals surface area contributed by atoms with Crippen molar-refractivity contribution in [3.8, 4) is 0 Å². The van der Waals surface area contributed by atoms with Crippen LogP contribution in [-0.2, 0) is 22.6 Å². The van der Waals surface area contributed by atoms with Gasteiger partial charge < -0.3 is 29.8 Å². The molecule has 10 nitrogen and oxygen atoms in total. The molecule has 0 radical (unpaired) electrons. The molecular formula is C38H41N5O5. The van der Waals surface area contributed by atoms with Crippen LogP contribution in [0.1, 0.15) is 70.8 Å². The zero-order chi connectivity index (χ0) is 33.0. The standard InChI is InChI=1S/C38H41N5O5/c1-25-34(23-42-19-16-31(17-20-42)43-33-7-3-2-6-32(33)41-38(43)46)47-37(48-35(25)28-12-10-27(24-44)11-13-28)29-14-8-26(9-15-29)21-40-36(45)30-5-4-18-39-22-30/h2-15,18,22,25,31,34-35,37,44H,16-17,19-21,23-24H2,1H3,(H,40,45)(H,41,46)/t25-,34+,35+,37+/m1/s1. The van der Waals surface area contributed by atoms with Crippen LogP contribution in [0.3, 0.4) is 0 Å². The van der Waals surface area contributed by atoms with Crippen LogP contribution in [0.25, 0.3) is 11.0 Å². The van der Waals surface area contributed by atoms with Crippen LogP contribution in [0.15, 0.2) is 102 Å². The molecular weight excluding hydrogens is 606 g/mol. The maximum absolute atomic E-state index is 12.8. The number of hydrogen-bond donors (Lipinski definition) is 3. The summed E-state index contributed by atoms with van der Waals surface area (Å²) in [5.41, 5.74) is 6.08. The predicted octanol–water partition coefficient (Wildman–Crippen LogP) is 5.28. The van der Waals surface area contributed by atoms with Gasteiger partial charge in [-0.05, 0) is 53.8 Å². The fourth-order valence-electron chi connectivity index (χ4n) is 6.95. The molecule has 3 N–H and O–H groups in total. The van der Waals surface area contributed by atoms with Gasteiger partial charge in [-0.3, -0.25) is 14.3 Å². The Morgan fingerprint density at radius 1 is 0.938 bits per heavy atom. The molecule has 5 aromatic rings. The van der Waals surface area contributed by atoms with Crippen LogP contribution < -0.4 is 11.0 Å². The van der Waals surface area contributed by atoms with Crippen molar-refractivity contribution in [3.63, 3.8) is 0 Å². The molecule has 48 heavy (non-hydrogen) atoms. The number of carbonyl (C=O) groups is 1. The average molecular weight is 648 g/mol. The molecule has 0 aliphatic carbocycles. The van der Waals surface area contributed by atoms with Crippen LogP contribution in [0.5, 0.6) is 0 Å². The lowest BCUT2D eigenvalue weighted by molar-refractivity contribution is -0.276. The second-order valence-electron chi connectivity index (χ2n) is 12.8. The van der Waals surface area contributed by atoms with Gasteiger partial charge in [0.2, 0.25) is 0 Å². The summed E-state index contributed by atoms with van der Waals surface area (Å²) in [7, 11) is 0. The number of para-hydroxylation sites is 2. The van der Waals surface area contributed by atoms with Gasteiger partial charge in [0, 0.05) is 56.1 Å². The molecule has 0 unspecified atom stereocenters. The van der Waals surface area contributed by atoms with Crippen molar-refractivity contribution in [1.29, 1.82) is 0 Å². The first-order valence-corrected chi connectivity index (χ1v) is 16.7. The molecule has 1 amide bonds. The van der Waals surface area contributed by atoms with Crippen molar-refractivity contribution >= 4 is 16.9 Å². The normalized spacial score (nSPS) is 22.1. The van der Waals surface area contributed by atoms with Crippen molar-refractivity contribution in [2.24, 2.45) is 5.92 Å². The van der Waals surface area contributed by atoms with E-state index in [1.807, 2.05) is 77.4 Å². The largest absolute Gasteiger partial charge is 0.392 e. The summed E-state index contributed by atoms with van der Waals surface area (Å²) in [6.45, 7) is 5.04. The van der Waals surface area contributed by atoms with E-state index in [2.05, 4.69) is 27.1 Å². The van der Waals surface area contributed by atoms with Crippen LogP contribution in [0.2, 0.25) is 0 Å². The number of carbonyl (C=O) groups excluding carboxylic acids is 1. The Morgan fingerprint density at radius 2 is 1.67 bits per heavy atom. The number of amides is 1. The van der Waals surface area contributed by atoms with Gasteiger partial charge in [-0.15, -0.1) is 0 Å². The number of aromatic amines is 1. The highest BCUT2D eigenvalue weighted by atomic mass is 16.7. The Labute approximate surface area is 279 Å². The summed E-state index contributed by atoms with van der Waals surface area (Å²) < 4.78 is 15.3. The molecule has 2 saturated heterocycles. The molecule has 2 aliphatic heterocycles. The van der Waals surface area contributed by atoms with E-state index in [1.165, 1.54) is 0 Å². The summed E-state index contributed by atoms with van der Waals surface area (Å²) in [4.78, 5) is 34.8. The van der Waals surface area contributed by atoms with Gasteiger partial charge in [0.05, 0.1) is 35.4 Å². The quantitative estimate of drug-likeness (QED) is 0.199. The zero-order valence-electron chi connectivity index (χ0n) is 27.0. The van der Waals surface area contributed by atoms with Gasteiger partial charge in [0.25, 0.3) is 5.91 Å². The lowest BCUT2D eigenvalue weighted by Gasteiger charge is -2.44. The predicted molar refractivity (Wildman–Crippen MR) is 182 cm³/mol. The van der Waals surface area contributed by atoms with E-state index in [0.29, 0.717) is 12.1 Å². The van der Waals surface area contributed by atoms with Crippen LogP contribution in [-0.4, -0.2) is 56.2 Å². The Bertz CT molecular complexity index is 1880. The third kappa shape index (κ3) is 6.84. The SMILES string of the molecule is C[C@@H]1[C@H](CN2CCC(n3c(=O)[nH]c4ccccc43)CC2)O[C@H](c2ccc(CNC(=O)c3cccnc3)cc2)O[C@@H]1c1ccc(CO)cc1. The number of pyridine rings is 1. The minimum Gasteiger partial charge on any atom is -0.392 e. The molecule has 2 aromatic heterocycles. The third-order valence-corrected chi connectivity index (χ3v) is 9.74. The number of rotatable bonds is 9. The Morgan fingerprint density at radius 3 is 2.40 bits per heavy atom. The number of H-pyrrole nitrogens is 1. The Kier molecular flexibility index (Phi) is 9.49. The maximum atomic E-state index is 12.8. The number of hydrogen-bond acceptors (Lipinski definition) is 7. The number of imidazole rings is 1. The second-order valence-corrected chi connectivity index (χ2v) is 12.8. The molecule has 4 atom stereocenters. The number of ether oxygens (including phenoxy) is 2. The Hall–Kier alpha value is -4.61. The fourth-order valence-corrected chi connectivity index (χ4v) is 6.95. The highest BCUT2D eigenvalue weighted by Crippen LogP contribution is 2.42. The number of benzene rings is 3. The number of likely N-dealkylation sites (tertiary alicyclic amines) is 1. The molecule has 4 heterocycles. The Balaban J connectivity index is 1.05. The smallest absolute Gasteiger partial charge is 0.326 e. The van der Waals surface area contributed by atoms with Crippen LogP contribution in [0, 0.1) is 5.92 Å². The van der Waals surface area contributed by atoms with Crippen molar-refractivity contribution in [1.82, 2.24) is 24.8 Å². The van der Waals surface area contributed by atoms with Gasteiger partial charge in [-0.2, -0.15) is 0 Å². The second kappa shape index (κ2) is 14.2. The molecule has 10 heteroatoms. The number of fused-ring (bicyclic) bond motifs is 1. The first kappa shape index (κ1) is 32.0. The monoisotopic (exact) mass is 647 g/mol. The number of nitrogens with zero attached hydrogens (tertiary/aromatic N) is 3. The van der Waals surface area contributed by atoms with Gasteiger partial charge in [0.1, 0.15) is 0 Å². The van der Waals surface area contributed by atoms with E-state index in [4.69, 9.17) is 9.47 Å². The molecule has 0 bridgehead atoms. The zero-order valence-corrected chi connectivity index (χ0v) is 27.0.